The van der Waals surface area contributed by atoms with Crippen LogP contribution < -0.4 is 5.32 Å². The van der Waals surface area contributed by atoms with Crippen molar-refractivity contribution >= 4 is 23.8 Å². The number of hydrogen-bond acceptors (Lipinski definition) is 5. The number of piperazine rings is 1. The fourth-order valence-electron chi connectivity index (χ4n) is 4.66. The lowest BCUT2D eigenvalue weighted by molar-refractivity contribution is -0.188. The number of carboxylic acid groups (broad SMARTS) is 1. The van der Waals surface area contributed by atoms with Gasteiger partial charge in [0.1, 0.15) is 23.8 Å². The van der Waals surface area contributed by atoms with Crippen LogP contribution in [0.5, 0.6) is 0 Å². The van der Waals surface area contributed by atoms with E-state index in [1.54, 1.807) is 7.05 Å². The zero-order chi connectivity index (χ0) is 26.7. The second-order valence-corrected chi connectivity index (χ2v) is 9.02. The molecule has 2 N–H and O–H groups in total. The molecule has 0 aliphatic carbocycles. The molecule has 37 heavy (non-hydrogen) atoms. The normalized spacial score (nSPS) is 20.1. The van der Waals surface area contributed by atoms with Gasteiger partial charge in [-0.15, -0.1) is 0 Å². The maximum absolute atomic E-state index is 13.4. The molecular formula is C25H27F2N5O5. The summed E-state index contributed by atoms with van der Waals surface area (Å²) in [6.45, 7) is -0.0180. The van der Waals surface area contributed by atoms with Crippen LogP contribution in [0.1, 0.15) is 24.0 Å². The van der Waals surface area contributed by atoms with E-state index in [-0.39, 0.29) is 39.0 Å². The first-order valence-electron chi connectivity index (χ1n) is 11.7. The maximum atomic E-state index is 13.4. The number of halogens is 2. The Balaban J connectivity index is 1.60. The molecular weight excluding hydrogens is 488 g/mol. The van der Waals surface area contributed by atoms with Crippen LogP contribution in [0.4, 0.5) is 13.6 Å². The molecule has 12 heteroatoms. The summed E-state index contributed by atoms with van der Waals surface area (Å²) in [6.07, 6.45) is -1.36. The van der Waals surface area contributed by atoms with Crippen LogP contribution in [0.15, 0.2) is 48.5 Å². The molecule has 2 aromatic carbocycles. The van der Waals surface area contributed by atoms with Gasteiger partial charge < -0.3 is 20.2 Å². The Labute approximate surface area is 212 Å². The van der Waals surface area contributed by atoms with E-state index in [9.17, 15) is 33.1 Å². The molecule has 2 aliphatic heterocycles. The van der Waals surface area contributed by atoms with Gasteiger partial charge in [-0.2, -0.15) is 0 Å². The van der Waals surface area contributed by atoms with E-state index >= 15 is 0 Å². The predicted molar refractivity (Wildman–Crippen MR) is 126 cm³/mol. The van der Waals surface area contributed by atoms with E-state index in [2.05, 4.69) is 5.32 Å². The van der Waals surface area contributed by atoms with Crippen molar-refractivity contribution in [2.75, 3.05) is 20.1 Å². The molecule has 4 amide bonds. The monoisotopic (exact) mass is 515 g/mol. The summed E-state index contributed by atoms with van der Waals surface area (Å²) in [7, 11) is 1.57. The Morgan fingerprint density at radius 1 is 1.00 bits per heavy atom. The van der Waals surface area contributed by atoms with Gasteiger partial charge in [-0.3, -0.25) is 14.4 Å². The van der Waals surface area contributed by atoms with Crippen LogP contribution in [-0.2, 0) is 27.5 Å². The van der Waals surface area contributed by atoms with Gasteiger partial charge in [-0.05, 0) is 41.8 Å². The van der Waals surface area contributed by atoms with Gasteiger partial charge in [-0.1, -0.05) is 24.3 Å². The highest BCUT2D eigenvalue weighted by molar-refractivity contribution is 5.91. The quantitative estimate of drug-likeness (QED) is 0.581. The second kappa shape index (κ2) is 10.9. The number of fused-ring (bicyclic) bond motifs is 1. The SMILES string of the molecule is CN1CC(=O)N2[C@@H](CCC(=O)O)C(=O)N(Cc3ccc(F)cc3)C[C@@H]2N1C(=O)NCc1ccc(F)cc1. The molecule has 2 fully saturated rings. The number of aliphatic carboxylic acids is 1. The number of amides is 4. The molecule has 2 heterocycles. The Hall–Kier alpha value is -4.06. The predicted octanol–water partition coefficient (Wildman–Crippen LogP) is 1.77. The van der Waals surface area contributed by atoms with Gasteiger partial charge in [0, 0.05) is 26.6 Å². The Morgan fingerprint density at radius 3 is 2.19 bits per heavy atom. The minimum absolute atomic E-state index is 0.0279. The molecule has 0 unspecified atom stereocenters. The van der Waals surface area contributed by atoms with Gasteiger partial charge in [0.15, 0.2) is 0 Å². The van der Waals surface area contributed by atoms with Crippen molar-refractivity contribution in [1.82, 2.24) is 25.1 Å². The Kier molecular flexibility index (Phi) is 7.67. The van der Waals surface area contributed by atoms with Crippen molar-refractivity contribution in [2.45, 2.75) is 38.1 Å². The van der Waals surface area contributed by atoms with Crippen molar-refractivity contribution in [3.05, 3.63) is 71.3 Å². The number of nitrogens with one attached hydrogen (secondary N) is 1. The molecule has 0 radical (unpaired) electrons. The summed E-state index contributed by atoms with van der Waals surface area (Å²) in [6, 6.07) is 9.62. The van der Waals surface area contributed by atoms with Gasteiger partial charge in [0.05, 0.1) is 13.1 Å². The fraction of sp³-hybridized carbons (Fsp3) is 0.360. The van der Waals surface area contributed by atoms with E-state index in [0.29, 0.717) is 11.1 Å². The maximum Gasteiger partial charge on any atom is 0.334 e. The first-order valence-corrected chi connectivity index (χ1v) is 11.7. The molecule has 0 aromatic heterocycles. The third-order valence-electron chi connectivity index (χ3n) is 6.42. The van der Waals surface area contributed by atoms with Crippen molar-refractivity contribution in [3.63, 3.8) is 0 Å². The third-order valence-corrected chi connectivity index (χ3v) is 6.42. The summed E-state index contributed by atoms with van der Waals surface area (Å²) in [5, 5.41) is 14.8. The number of rotatable bonds is 7. The van der Waals surface area contributed by atoms with Crippen molar-refractivity contribution in [1.29, 1.82) is 0 Å². The summed E-state index contributed by atoms with van der Waals surface area (Å²) < 4.78 is 26.6. The number of carboxylic acids is 1. The number of likely N-dealkylation sites (N-methyl/N-ethyl adjacent to an activating group) is 1. The molecule has 2 atom stereocenters. The first-order chi connectivity index (χ1) is 17.6. The molecule has 10 nitrogen and oxygen atoms in total. The second-order valence-electron chi connectivity index (χ2n) is 9.02. The Bertz CT molecular complexity index is 1180. The number of urea groups is 1. The molecule has 0 bridgehead atoms. The highest BCUT2D eigenvalue weighted by Crippen LogP contribution is 2.29. The summed E-state index contributed by atoms with van der Waals surface area (Å²) in [5.41, 5.74) is 1.31. The van der Waals surface area contributed by atoms with E-state index < -0.39 is 47.7 Å². The van der Waals surface area contributed by atoms with Gasteiger partial charge >= 0.3 is 12.0 Å². The van der Waals surface area contributed by atoms with Gasteiger partial charge in [0.2, 0.25) is 11.8 Å². The number of nitrogens with zero attached hydrogens (tertiary/aromatic N) is 4. The fourth-order valence-corrected chi connectivity index (χ4v) is 4.66. The molecule has 2 aliphatic rings. The lowest BCUT2D eigenvalue weighted by Crippen LogP contribution is -2.75. The number of hydrazine groups is 1. The van der Waals surface area contributed by atoms with E-state index in [1.165, 1.54) is 68.3 Å². The van der Waals surface area contributed by atoms with Crippen molar-refractivity contribution in [2.24, 2.45) is 0 Å². The van der Waals surface area contributed by atoms with E-state index in [1.807, 2.05) is 0 Å². The summed E-state index contributed by atoms with van der Waals surface area (Å²) in [5.74, 6) is -2.79. The molecule has 2 saturated heterocycles. The number of hydrogen-bond donors (Lipinski definition) is 2. The summed E-state index contributed by atoms with van der Waals surface area (Å²) >= 11 is 0. The minimum Gasteiger partial charge on any atom is -0.481 e. The van der Waals surface area contributed by atoms with Crippen LogP contribution in [0.25, 0.3) is 0 Å². The van der Waals surface area contributed by atoms with E-state index in [4.69, 9.17) is 0 Å². The van der Waals surface area contributed by atoms with Crippen LogP contribution >= 0.6 is 0 Å². The summed E-state index contributed by atoms with van der Waals surface area (Å²) in [4.78, 5) is 53.8. The largest absolute Gasteiger partial charge is 0.481 e. The van der Waals surface area contributed by atoms with Crippen LogP contribution in [0.3, 0.4) is 0 Å². The highest BCUT2D eigenvalue weighted by Gasteiger charge is 2.50. The zero-order valence-electron chi connectivity index (χ0n) is 20.1. The van der Waals surface area contributed by atoms with E-state index in [0.717, 1.165) is 0 Å². The molecule has 196 valence electrons. The van der Waals surface area contributed by atoms with Crippen molar-refractivity contribution < 1.29 is 33.1 Å². The minimum atomic E-state index is -1.12. The standard InChI is InChI=1S/C25H27F2N5O5/c1-29-15-22(33)31-20(10-11-23(34)35)24(36)30(13-17-4-8-19(27)9-5-17)14-21(31)32(29)25(37)28-12-16-2-6-18(26)7-3-16/h2-9,20-21H,10-15H2,1H3,(H,28,37)(H,34,35)/t20-,21-/m0/s1. The molecule has 4 rings (SSSR count). The van der Waals surface area contributed by atoms with Gasteiger partial charge in [0.25, 0.3) is 0 Å². The average molecular weight is 516 g/mol. The molecule has 2 aromatic rings. The third kappa shape index (κ3) is 5.85. The number of carbonyl (C=O) groups is 4. The zero-order valence-corrected chi connectivity index (χ0v) is 20.1. The van der Waals surface area contributed by atoms with Crippen LogP contribution in [-0.4, -0.2) is 81.1 Å². The smallest absolute Gasteiger partial charge is 0.334 e. The first kappa shape index (κ1) is 26.0. The topological polar surface area (TPSA) is 114 Å². The Morgan fingerprint density at radius 2 is 1.59 bits per heavy atom. The lowest BCUT2D eigenvalue weighted by Gasteiger charge is -2.54. The van der Waals surface area contributed by atoms with Crippen LogP contribution in [0, 0.1) is 11.6 Å². The highest BCUT2D eigenvalue weighted by atomic mass is 19.1. The van der Waals surface area contributed by atoms with Crippen LogP contribution in [0.2, 0.25) is 0 Å². The number of carbonyl (C=O) groups excluding carboxylic acids is 3. The average Bonchev–Trinajstić information content (AvgIpc) is 2.85. The lowest BCUT2D eigenvalue weighted by atomic mass is 10.0. The molecule has 0 saturated carbocycles. The van der Waals surface area contributed by atoms with Gasteiger partial charge in [-0.25, -0.2) is 23.6 Å². The molecule has 0 spiro atoms. The van der Waals surface area contributed by atoms with Crippen molar-refractivity contribution in [3.8, 4) is 0 Å². The number of benzene rings is 2.